The first-order valence-electron chi connectivity index (χ1n) is 7.47. The zero-order chi connectivity index (χ0) is 18.5. The van der Waals surface area contributed by atoms with Gasteiger partial charge in [-0.25, -0.2) is 0 Å². The molecule has 0 bridgehead atoms. The smallest absolute Gasteiger partial charge is 0.305 e. The molecule has 0 fully saturated rings. The lowest BCUT2D eigenvalue weighted by molar-refractivity contribution is -0.123. The zero-order valence-corrected chi connectivity index (χ0v) is 14.0. The van der Waals surface area contributed by atoms with Crippen molar-refractivity contribution in [3.63, 3.8) is 0 Å². The van der Waals surface area contributed by atoms with Crippen LogP contribution in [0.5, 0.6) is 5.75 Å². The van der Waals surface area contributed by atoms with Crippen LogP contribution >= 0.6 is 11.6 Å². The molecule has 0 saturated heterocycles. The van der Waals surface area contributed by atoms with Crippen molar-refractivity contribution in [2.24, 2.45) is 0 Å². The summed E-state index contributed by atoms with van der Waals surface area (Å²) >= 11 is 5.88. The van der Waals surface area contributed by atoms with Gasteiger partial charge in [0.15, 0.2) is 12.4 Å². The van der Waals surface area contributed by atoms with E-state index in [0.717, 1.165) is 0 Å². The maximum Gasteiger partial charge on any atom is 0.305 e. The largest absolute Gasteiger partial charge is 0.482 e. The topological polar surface area (TPSA) is 104 Å². The first kappa shape index (κ1) is 17.3. The van der Waals surface area contributed by atoms with Crippen LogP contribution in [0.25, 0.3) is 11.0 Å². The number of nitrogens with one attached hydrogen (secondary N) is 2. The van der Waals surface area contributed by atoms with Crippen LogP contribution in [-0.2, 0) is 4.79 Å². The number of nitriles is 1. The number of rotatable bonds is 4. The van der Waals surface area contributed by atoms with E-state index >= 15 is 0 Å². The molecule has 8 heteroatoms. The number of hydrogen-bond donors (Lipinski definition) is 2. The number of benzene rings is 2. The van der Waals surface area contributed by atoms with Gasteiger partial charge in [0.1, 0.15) is 17.4 Å². The molecule has 26 heavy (non-hydrogen) atoms. The monoisotopic (exact) mass is 369 g/mol. The van der Waals surface area contributed by atoms with Crippen LogP contribution in [-0.4, -0.2) is 18.4 Å². The Morgan fingerprint density at radius 1 is 1.15 bits per heavy atom. The molecule has 1 aromatic heterocycles. The Morgan fingerprint density at radius 3 is 2.77 bits per heavy atom. The SMILES string of the molecule is N#Cc1ccccc1OCC(=O)NNC(=O)c1cc2cc(Cl)ccc2o1. The second-order valence-corrected chi connectivity index (χ2v) is 5.63. The van der Waals surface area contributed by atoms with Crippen LogP contribution in [0.4, 0.5) is 0 Å². The summed E-state index contributed by atoms with van der Waals surface area (Å²) in [7, 11) is 0. The molecule has 3 rings (SSSR count). The molecule has 2 aromatic carbocycles. The highest BCUT2D eigenvalue weighted by Crippen LogP contribution is 2.22. The number of hydrogen-bond acceptors (Lipinski definition) is 5. The lowest BCUT2D eigenvalue weighted by atomic mass is 10.2. The number of nitrogens with zero attached hydrogens (tertiary/aromatic N) is 1. The summed E-state index contributed by atoms with van der Waals surface area (Å²) in [6, 6.07) is 14.9. The fraction of sp³-hybridized carbons (Fsp3) is 0.0556. The normalized spacial score (nSPS) is 10.2. The highest BCUT2D eigenvalue weighted by atomic mass is 35.5. The van der Waals surface area contributed by atoms with Crippen molar-refractivity contribution in [2.45, 2.75) is 0 Å². The predicted octanol–water partition coefficient (Wildman–Crippen LogP) is 2.80. The van der Waals surface area contributed by atoms with E-state index < -0.39 is 11.8 Å². The Balaban J connectivity index is 1.55. The van der Waals surface area contributed by atoms with Crippen molar-refractivity contribution in [1.82, 2.24) is 10.9 Å². The number of halogens is 1. The van der Waals surface area contributed by atoms with Gasteiger partial charge in [0.25, 0.3) is 5.91 Å². The van der Waals surface area contributed by atoms with Crippen molar-refractivity contribution in [3.8, 4) is 11.8 Å². The number of para-hydroxylation sites is 1. The van der Waals surface area contributed by atoms with Crippen LogP contribution < -0.4 is 15.6 Å². The van der Waals surface area contributed by atoms with Crippen molar-refractivity contribution >= 4 is 34.4 Å². The fourth-order valence-corrected chi connectivity index (χ4v) is 2.36. The zero-order valence-electron chi connectivity index (χ0n) is 13.3. The highest BCUT2D eigenvalue weighted by molar-refractivity contribution is 6.31. The summed E-state index contributed by atoms with van der Waals surface area (Å²) < 4.78 is 10.7. The molecule has 0 atom stereocenters. The summed E-state index contributed by atoms with van der Waals surface area (Å²) in [6.07, 6.45) is 0. The molecule has 1 heterocycles. The average molecular weight is 370 g/mol. The Hall–Kier alpha value is -3.50. The Labute approximate surface area is 153 Å². The molecule has 7 nitrogen and oxygen atoms in total. The number of amides is 2. The number of furan rings is 1. The van der Waals surface area contributed by atoms with Crippen molar-refractivity contribution < 1.29 is 18.7 Å². The summed E-state index contributed by atoms with van der Waals surface area (Å²) in [4.78, 5) is 23.8. The van der Waals surface area contributed by atoms with Gasteiger partial charge < -0.3 is 9.15 Å². The summed E-state index contributed by atoms with van der Waals surface area (Å²) in [5.41, 5.74) is 5.25. The van der Waals surface area contributed by atoms with Gasteiger partial charge in [0.05, 0.1) is 5.56 Å². The molecule has 0 unspecified atom stereocenters. The van der Waals surface area contributed by atoms with E-state index in [1.165, 1.54) is 6.07 Å². The molecule has 0 aliphatic heterocycles. The van der Waals surface area contributed by atoms with Gasteiger partial charge in [-0.3, -0.25) is 20.4 Å². The van der Waals surface area contributed by atoms with Crippen molar-refractivity contribution in [2.75, 3.05) is 6.61 Å². The number of carbonyl (C=O) groups excluding carboxylic acids is 2. The van der Waals surface area contributed by atoms with E-state index in [4.69, 9.17) is 26.0 Å². The summed E-state index contributed by atoms with van der Waals surface area (Å²) in [6.45, 7) is -0.366. The van der Waals surface area contributed by atoms with Crippen molar-refractivity contribution in [3.05, 3.63) is 64.9 Å². The number of fused-ring (bicyclic) bond motifs is 1. The van der Waals surface area contributed by atoms with Crippen LogP contribution in [0.1, 0.15) is 16.1 Å². The summed E-state index contributed by atoms with van der Waals surface area (Å²) in [5.74, 6) is -0.905. The van der Waals surface area contributed by atoms with Gasteiger partial charge in [-0.1, -0.05) is 23.7 Å². The number of ether oxygens (including phenoxy) is 1. The summed E-state index contributed by atoms with van der Waals surface area (Å²) in [5, 5.41) is 10.1. The molecular weight excluding hydrogens is 358 g/mol. The van der Waals surface area contributed by atoms with Gasteiger partial charge in [0.2, 0.25) is 0 Å². The molecular formula is C18H12ClN3O4. The second-order valence-electron chi connectivity index (χ2n) is 5.19. The van der Waals surface area contributed by atoms with E-state index in [0.29, 0.717) is 21.6 Å². The third-order valence-electron chi connectivity index (χ3n) is 3.38. The minimum Gasteiger partial charge on any atom is -0.482 e. The Morgan fingerprint density at radius 2 is 1.96 bits per heavy atom. The lowest BCUT2D eigenvalue weighted by Crippen LogP contribution is -2.43. The molecule has 130 valence electrons. The van der Waals surface area contributed by atoms with Crippen LogP contribution in [0.3, 0.4) is 0 Å². The van der Waals surface area contributed by atoms with Gasteiger partial charge in [-0.05, 0) is 36.4 Å². The van der Waals surface area contributed by atoms with Crippen molar-refractivity contribution in [1.29, 1.82) is 5.26 Å². The molecule has 0 aliphatic carbocycles. The van der Waals surface area contributed by atoms with E-state index in [2.05, 4.69) is 10.9 Å². The van der Waals surface area contributed by atoms with Gasteiger partial charge in [-0.2, -0.15) is 5.26 Å². The van der Waals surface area contributed by atoms with E-state index in [1.54, 1.807) is 42.5 Å². The molecule has 0 aliphatic rings. The first-order chi connectivity index (χ1) is 12.6. The molecule has 0 saturated carbocycles. The van der Waals surface area contributed by atoms with Crippen LogP contribution in [0.15, 0.2) is 52.9 Å². The maximum atomic E-state index is 12.0. The lowest BCUT2D eigenvalue weighted by Gasteiger charge is -2.08. The number of carbonyl (C=O) groups is 2. The fourth-order valence-electron chi connectivity index (χ4n) is 2.18. The van der Waals surface area contributed by atoms with E-state index in [-0.39, 0.29) is 18.1 Å². The highest BCUT2D eigenvalue weighted by Gasteiger charge is 2.14. The van der Waals surface area contributed by atoms with Crippen LogP contribution in [0, 0.1) is 11.3 Å². The van der Waals surface area contributed by atoms with Crippen LogP contribution in [0.2, 0.25) is 5.02 Å². The second kappa shape index (κ2) is 7.59. The molecule has 0 radical (unpaired) electrons. The third kappa shape index (κ3) is 3.94. The van der Waals surface area contributed by atoms with Gasteiger partial charge >= 0.3 is 5.91 Å². The number of hydrazine groups is 1. The molecule has 2 amide bonds. The Bertz CT molecular complexity index is 1020. The van der Waals surface area contributed by atoms with Gasteiger partial charge in [0, 0.05) is 10.4 Å². The first-order valence-corrected chi connectivity index (χ1v) is 7.85. The molecule has 3 aromatic rings. The minimum absolute atomic E-state index is 0.0262. The van der Waals surface area contributed by atoms with E-state index in [1.807, 2.05) is 6.07 Å². The third-order valence-corrected chi connectivity index (χ3v) is 3.62. The standard InChI is InChI=1S/C18H12ClN3O4/c19-13-5-6-15-12(7-13)8-16(26-15)18(24)22-21-17(23)10-25-14-4-2-1-3-11(14)9-20/h1-8H,10H2,(H,21,23)(H,22,24). The maximum absolute atomic E-state index is 12.0. The Kier molecular flexibility index (Phi) is 5.06. The van der Waals surface area contributed by atoms with Gasteiger partial charge in [-0.15, -0.1) is 0 Å². The quantitative estimate of drug-likeness (QED) is 0.688. The minimum atomic E-state index is -0.622. The molecule has 0 spiro atoms. The predicted molar refractivity (Wildman–Crippen MR) is 93.5 cm³/mol. The average Bonchev–Trinajstić information content (AvgIpc) is 3.07. The molecule has 2 N–H and O–H groups in total. The van der Waals surface area contributed by atoms with E-state index in [9.17, 15) is 9.59 Å².